The second-order valence-electron chi connectivity index (χ2n) is 4.42. The van der Waals surface area contributed by atoms with Crippen molar-refractivity contribution in [2.75, 3.05) is 6.61 Å². The van der Waals surface area contributed by atoms with E-state index in [1.54, 1.807) is 12.1 Å². The number of aliphatic hydroxyl groups excluding tert-OH is 1. The van der Waals surface area contributed by atoms with Crippen LogP contribution in [0.3, 0.4) is 0 Å². The van der Waals surface area contributed by atoms with Crippen LogP contribution in [0.2, 0.25) is 0 Å². The molecule has 4 heteroatoms. The molecule has 0 saturated heterocycles. The van der Waals surface area contributed by atoms with E-state index in [0.717, 1.165) is 5.56 Å². The highest BCUT2D eigenvalue weighted by Gasteiger charge is 2.17. The van der Waals surface area contributed by atoms with Crippen molar-refractivity contribution in [3.8, 4) is 0 Å². The molecule has 0 aliphatic carbocycles. The van der Waals surface area contributed by atoms with E-state index in [0.29, 0.717) is 6.42 Å². The molecule has 0 aromatic heterocycles. The van der Waals surface area contributed by atoms with Crippen molar-refractivity contribution in [3.05, 3.63) is 39.9 Å². The summed E-state index contributed by atoms with van der Waals surface area (Å²) in [6.07, 6.45) is 0.710. The molecule has 0 amide bonds. The molecule has 1 rings (SSSR count). The van der Waals surface area contributed by atoms with Crippen LogP contribution in [0.25, 0.3) is 0 Å². The standard InChI is InChI=1S/C11H15NO3/c1-11(2,8-13)7-9-3-5-10(6-4-9)12(14)15/h3-6,13H,7-8H2,1-2H3. The van der Waals surface area contributed by atoms with Crippen LogP contribution in [0.1, 0.15) is 19.4 Å². The van der Waals surface area contributed by atoms with E-state index in [9.17, 15) is 10.1 Å². The summed E-state index contributed by atoms with van der Waals surface area (Å²) in [5.74, 6) is 0. The molecule has 1 aromatic carbocycles. The predicted molar refractivity (Wildman–Crippen MR) is 57.7 cm³/mol. The molecule has 0 saturated carbocycles. The van der Waals surface area contributed by atoms with Gasteiger partial charge in [-0.05, 0) is 17.4 Å². The zero-order valence-electron chi connectivity index (χ0n) is 8.93. The minimum absolute atomic E-state index is 0.0977. The first kappa shape index (κ1) is 11.7. The van der Waals surface area contributed by atoms with Crippen LogP contribution in [0, 0.1) is 15.5 Å². The van der Waals surface area contributed by atoms with Crippen LogP contribution in [0.4, 0.5) is 5.69 Å². The Morgan fingerprint density at radius 1 is 1.33 bits per heavy atom. The van der Waals surface area contributed by atoms with Gasteiger partial charge in [-0.1, -0.05) is 26.0 Å². The maximum Gasteiger partial charge on any atom is 0.269 e. The highest BCUT2D eigenvalue weighted by Crippen LogP contribution is 2.22. The van der Waals surface area contributed by atoms with Gasteiger partial charge in [-0.3, -0.25) is 10.1 Å². The van der Waals surface area contributed by atoms with Crippen LogP contribution in [-0.4, -0.2) is 16.6 Å². The highest BCUT2D eigenvalue weighted by atomic mass is 16.6. The first-order chi connectivity index (χ1) is 6.94. The second-order valence-corrected chi connectivity index (χ2v) is 4.42. The third kappa shape index (κ3) is 3.32. The summed E-state index contributed by atoms with van der Waals surface area (Å²) >= 11 is 0. The molecule has 0 unspecified atom stereocenters. The first-order valence-corrected chi connectivity index (χ1v) is 4.79. The van der Waals surface area contributed by atoms with Gasteiger partial charge < -0.3 is 5.11 Å². The van der Waals surface area contributed by atoms with Crippen molar-refractivity contribution in [2.45, 2.75) is 20.3 Å². The minimum atomic E-state index is -0.416. The Morgan fingerprint density at radius 3 is 2.27 bits per heavy atom. The summed E-state index contributed by atoms with van der Waals surface area (Å²) in [7, 11) is 0. The fourth-order valence-electron chi connectivity index (χ4n) is 1.34. The van der Waals surface area contributed by atoms with E-state index in [1.165, 1.54) is 12.1 Å². The lowest BCUT2D eigenvalue weighted by Crippen LogP contribution is -2.19. The average Bonchev–Trinajstić information content (AvgIpc) is 2.18. The topological polar surface area (TPSA) is 63.4 Å². The Bertz CT molecular complexity index is 343. The van der Waals surface area contributed by atoms with Gasteiger partial charge in [0, 0.05) is 18.7 Å². The highest BCUT2D eigenvalue weighted by molar-refractivity contribution is 5.33. The van der Waals surface area contributed by atoms with E-state index in [-0.39, 0.29) is 17.7 Å². The molecule has 0 fully saturated rings. The number of aliphatic hydroxyl groups is 1. The van der Waals surface area contributed by atoms with Gasteiger partial charge in [0.2, 0.25) is 0 Å². The molecule has 0 spiro atoms. The van der Waals surface area contributed by atoms with Crippen molar-refractivity contribution in [1.29, 1.82) is 0 Å². The molecule has 4 nitrogen and oxygen atoms in total. The molecule has 0 bridgehead atoms. The molecule has 15 heavy (non-hydrogen) atoms. The Kier molecular flexibility index (Phi) is 3.42. The summed E-state index contributed by atoms with van der Waals surface area (Å²) in [5.41, 5.74) is 0.913. The average molecular weight is 209 g/mol. The second kappa shape index (κ2) is 4.40. The summed E-state index contributed by atoms with van der Waals surface area (Å²) in [6, 6.07) is 6.44. The van der Waals surface area contributed by atoms with E-state index in [1.807, 2.05) is 13.8 Å². The normalized spacial score (nSPS) is 11.4. The summed E-state index contributed by atoms with van der Waals surface area (Å²) in [6.45, 7) is 4.01. The summed E-state index contributed by atoms with van der Waals surface area (Å²) in [4.78, 5) is 10.0. The van der Waals surface area contributed by atoms with Gasteiger partial charge in [-0.25, -0.2) is 0 Å². The van der Waals surface area contributed by atoms with Crippen molar-refractivity contribution in [3.63, 3.8) is 0 Å². The first-order valence-electron chi connectivity index (χ1n) is 4.79. The summed E-state index contributed by atoms with van der Waals surface area (Å²) in [5, 5.41) is 19.5. The molecule has 1 aromatic rings. The van der Waals surface area contributed by atoms with Crippen molar-refractivity contribution in [1.82, 2.24) is 0 Å². The summed E-state index contributed by atoms with van der Waals surface area (Å²) < 4.78 is 0. The molecule has 0 radical (unpaired) electrons. The third-order valence-corrected chi connectivity index (χ3v) is 2.26. The molecule has 0 aliphatic heterocycles. The maximum absolute atomic E-state index is 10.4. The molecule has 0 aliphatic rings. The fraction of sp³-hybridized carbons (Fsp3) is 0.455. The number of hydrogen-bond acceptors (Lipinski definition) is 3. The number of hydrogen-bond donors (Lipinski definition) is 1. The molecule has 1 N–H and O–H groups in total. The van der Waals surface area contributed by atoms with Gasteiger partial charge in [0.15, 0.2) is 0 Å². The Morgan fingerprint density at radius 2 is 1.87 bits per heavy atom. The minimum Gasteiger partial charge on any atom is -0.396 e. The molecule has 82 valence electrons. The quantitative estimate of drug-likeness (QED) is 0.610. The Labute approximate surface area is 88.7 Å². The zero-order chi connectivity index (χ0) is 11.5. The molecule has 0 heterocycles. The van der Waals surface area contributed by atoms with Crippen molar-refractivity contribution < 1.29 is 10.0 Å². The van der Waals surface area contributed by atoms with Crippen LogP contribution in [0.5, 0.6) is 0 Å². The van der Waals surface area contributed by atoms with Crippen LogP contribution >= 0.6 is 0 Å². The Hall–Kier alpha value is -1.42. The lowest BCUT2D eigenvalue weighted by Gasteiger charge is -2.21. The number of nitro benzene ring substituents is 1. The van der Waals surface area contributed by atoms with Gasteiger partial charge in [-0.15, -0.1) is 0 Å². The van der Waals surface area contributed by atoms with E-state index in [4.69, 9.17) is 5.11 Å². The van der Waals surface area contributed by atoms with Crippen molar-refractivity contribution in [2.24, 2.45) is 5.41 Å². The van der Waals surface area contributed by atoms with E-state index < -0.39 is 4.92 Å². The van der Waals surface area contributed by atoms with E-state index >= 15 is 0 Å². The van der Waals surface area contributed by atoms with Crippen LogP contribution < -0.4 is 0 Å². The van der Waals surface area contributed by atoms with Gasteiger partial charge in [0.05, 0.1) is 4.92 Å². The van der Waals surface area contributed by atoms with E-state index in [2.05, 4.69) is 0 Å². The van der Waals surface area contributed by atoms with Gasteiger partial charge in [-0.2, -0.15) is 0 Å². The number of nitrogens with zero attached hydrogens (tertiary/aromatic N) is 1. The maximum atomic E-state index is 10.4. The number of non-ortho nitro benzene ring substituents is 1. The van der Waals surface area contributed by atoms with Gasteiger partial charge in [0.25, 0.3) is 5.69 Å². The lowest BCUT2D eigenvalue weighted by molar-refractivity contribution is -0.384. The van der Waals surface area contributed by atoms with Crippen LogP contribution in [-0.2, 0) is 6.42 Å². The number of benzene rings is 1. The largest absolute Gasteiger partial charge is 0.396 e. The smallest absolute Gasteiger partial charge is 0.269 e. The molecule has 0 atom stereocenters. The van der Waals surface area contributed by atoms with Gasteiger partial charge >= 0.3 is 0 Å². The zero-order valence-corrected chi connectivity index (χ0v) is 8.93. The third-order valence-electron chi connectivity index (χ3n) is 2.26. The monoisotopic (exact) mass is 209 g/mol. The molecular formula is C11H15NO3. The van der Waals surface area contributed by atoms with Crippen LogP contribution in [0.15, 0.2) is 24.3 Å². The fourth-order valence-corrected chi connectivity index (χ4v) is 1.34. The number of rotatable bonds is 4. The lowest BCUT2D eigenvalue weighted by atomic mass is 9.87. The van der Waals surface area contributed by atoms with Gasteiger partial charge in [0.1, 0.15) is 0 Å². The van der Waals surface area contributed by atoms with Crippen molar-refractivity contribution >= 4 is 5.69 Å². The predicted octanol–water partition coefficient (Wildman–Crippen LogP) is 2.16. The number of nitro groups is 1. The Balaban J connectivity index is 2.77. The molecular weight excluding hydrogens is 194 g/mol. The SMILES string of the molecule is CC(C)(CO)Cc1ccc([N+](=O)[O-])cc1.